The molecule has 0 bridgehead atoms. The van der Waals surface area contributed by atoms with Gasteiger partial charge in [-0.15, -0.1) is 0 Å². The molecule has 0 aliphatic carbocycles. The first-order chi connectivity index (χ1) is 9.09. The average molecular weight is 299 g/mol. The molecule has 0 spiro atoms. The predicted octanol–water partition coefficient (Wildman–Crippen LogP) is 5.24. The van der Waals surface area contributed by atoms with Crippen LogP contribution in [0.4, 0.5) is 32.0 Å². The Morgan fingerprint density at radius 3 is 2.20 bits per heavy atom. The molecule has 1 N–H and O–H groups in total. The molecule has 20 heavy (non-hydrogen) atoms. The molecule has 0 saturated heterocycles. The number of para-hydroxylation sites is 1. The van der Waals surface area contributed by atoms with E-state index >= 15 is 0 Å². The summed E-state index contributed by atoms with van der Waals surface area (Å²) in [5, 5.41) is 2.62. The summed E-state index contributed by atoms with van der Waals surface area (Å²) in [5.41, 5.74) is -0.929. The largest absolute Gasteiger partial charge is 0.418 e. The highest BCUT2D eigenvalue weighted by Crippen LogP contribution is 2.35. The van der Waals surface area contributed by atoms with Gasteiger partial charge >= 0.3 is 12.4 Å². The number of benzene rings is 1. The van der Waals surface area contributed by atoms with Gasteiger partial charge < -0.3 is 5.32 Å². The van der Waals surface area contributed by atoms with Crippen molar-refractivity contribution in [1.29, 1.82) is 0 Å². The molecule has 1 unspecified atom stereocenters. The summed E-state index contributed by atoms with van der Waals surface area (Å²) in [6.07, 6.45) is -9.63. The smallest absolute Gasteiger partial charge is 0.382 e. The molecule has 0 radical (unpaired) electrons. The van der Waals surface area contributed by atoms with Gasteiger partial charge in [0.2, 0.25) is 0 Å². The molecule has 1 atom stereocenters. The molecule has 1 rings (SSSR count). The monoisotopic (exact) mass is 299 g/mol. The van der Waals surface area contributed by atoms with E-state index in [0.29, 0.717) is 0 Å². The molecule has 0 aliphatic heterocycles. The van der Waals surface area contributed by atoms with Gasteiger partial charge in [0.15, 0.2) is 0 Å². The van der Waals surface area contributed by atoms with E-state index in [-0.39, 0.29) is 18.5 Å². The van der Waals surface area contributed by atoms with E-state index in [1.807, 2.05) is 0 Å². The van der Waals surface area contributed by atoms with Crippen molar-refractivity contribution in [3.8, 4) is 0 Å². The quantitative estimate of drug-likeness (QED) is 0.733. The Morgan fingerprint density at radius 1 is 1.05 bits per heavy atom. The first kappa shape index (κ1) is 16.7. The highest BCUT2D eigenvalue weighted by Gasteiger charge is 2.33. The van der Waals surface area contributed by atoms with Crippen molar-refractivity contribution >= 4 is 5.69 Å². The molecule has 1 aromatic carbocycles. The van der Waals surface area contributed by atoms with Gasteiger partial charge in [-0.3, -0.25) is 0 Å². The summed E-state index contributed by atoms with van der Waals surface area (Å²) in [6.45, 7) is 1.56. The molecule has 7 heteroatoms. The minimum atomic E-state index is -4.49. The van der Waals surface area contributed by atoms with Crippen LogP contribution in [-0.2, 0) is 6.18 Å². The summed E-state index contributed by atoms with van der Waals surface area (Å²) in [4.78, 5) is 0. The highest BCUT2D eigenvalue weighted by molar-refractivity contribution is 5.53. The maximum Gasteiger partial charge on any atom is 0.418 e. The van der Waals surface area contributed by atoms with Crippen LogP contribution in [0, 0.1) is 0 Å². The minimum Gasteiger partial charge on any atom is -0.382 e. The Labute approximate surface area is 113 Å². The standard InChI is InChI=1S/C13H15F6N/c1-9(5-4-8-12(14,15)16)20-11-7-3-2-6-10(11)13(17,18)19/h2-3,6-7,9,20H,4-5,8H2,1H3. The molecule has 0 aromatic heterocycles. The predicted molar refractivity (Wildman–Crippen MR) is 64.4 cm³/mol. The van der Waals surface area contributed by atoms with Gasteiger partial charge in [0, 0.05) is 18.2 Å². The maximum atomic E-state index is 12.7. The van der Waals surface area contributed by atoms with Crippen molar-refractivity contribution in [2.75, 3.05) is 5.32 Å². The number of nitrogens with one attached hydrogen (secondary N) is 1. The van der Waals surface area contributed by atoms with Crippen LogP contribution in [0.15, 0.2) is 24.3 Å². The molecule has 0 heterocycles. The van der Waals surface area contributed by atoms with Crippen molar-refractivity contribution in [1.82, 2.24) is 0 Å². The fraction of sp³-hybridized carbons (Fsp3) is 0.538. The third kappa shape index (κ3) is 5.71. The zero-order chi connectivity index (χ0) is 15.4. The number of anilines is 1. The van der Waals surface area contributed by atoms with Gasteiger partial charge in [-0.25, -0.2) is 0 Å². The highest BCUT2D eigenvalue weighted by atomic mass is 19.4. The Bertz CT molecular complexity index is 424. The van der Waals surface area contributed by atoms with Crippen molar-refractivity contribution in [3.05, 3.63) is 29.8 Å². The molecule has 0 aliphatic rings. The van der Waals surface area contributed by atoms with E-state index in [1.165, 1.54) is 18.2 Å². The van der Waals surface area contributed by atoms with Gasteiger partial charge in [0.1, 0.15) is 0 Å². The first-order valence-corrected chi connectivity index (χ1v) is 6.09. The zero-order valence-electron chi connectivity index (χ0n) is 10.8. The summed E-state index contributed by atoms with van der Waals surface area (Å²) in [5.74, 6) is 0. The lowest BCUT2D eigenvalue weighted by molar-refractivity contribution is -0.137. The molecule has 0 fully saturated rings. The van der Waals surface area contributed by atoms with E-state index in [4.69, 9.17) is 0 Å². The Morgan fingerprint density at radius 2 is 1.65 bits per heavy atom. The molecule has 0 amide bonds. The molecule has 114 valence electrons. The van der Waals surface area contributed by atoms with Crippen LogP contribution in [0.2, 0.25) is 0 Å². The van der Waals surface area contributed by atoms with Gasteiger partial charge in [-0.05, 0) is 31.9 Å². The number of rotatable bonds is 5. The molecule has 0 saturated carbocycles. The van der Waals surface area contributed by atoms with Crippen molar-refractivity contribution in [3.63, 3.8) is 0 Å². The summed E-state index contributed by atoms with van der Waals surface area (Å²) in [7, 11) is 0. The van der Waals surface area contributed by atoms with Gasteiger partial charge in [-0.2, -0.15) is 26.3 Å². The minimum absolute atomic E-state index is 0.112. The normalized spacial score (nSPS) is 14.2. The Hall–Kier alpha value is -1.40. The average Bonchev–Trinajstić information content (AvgIpc) is 2.26. The van der Waals surface area contributed by atoms with Crippen molar-refractivity contribution in [2.45, 2.75) is 44.6 Å². The lowest BCUT2D eigenvalue weighted by Gasteiger charge is -2.19. The fourth-order valence-electron chi connectivity index (χ4n) is 1.80. The van der Waals surface area contributed by atoms with Crippen LogP contribution in [0.25, 0.3) is 0 Å². The lowest BCUT2D eigenvalue weighted by Crippen LogP contribution is -2.19. The van der Waals surface area contributed by atoms with Crippen LogP contribution in [-0.4, -0.2) is 12.2 Å². The van der Waals surface area contributed by atoms with E-state index < -0.39 is 30.4 Å². The van der Waals surface area contributed by atoms with Crippen LogP contribution in [0.3, 0.4) is 0 Å². The lowest BCUT2D eigenvalue weighted by atomic mass is 10.1. The van der Waals surface area contributed by atoms with Crippen LogP contribution >= 0.6 is 0 Å². The zero-order valence-corrected chi connectivity index (χ0v) is 10.8. The topological polar surface area (TPSA) is 12.0 Å². The summed E-state index contributed by atoms with van der Waals surface area (Å²) < 4.78 is 74.1. The number of hydrogen-bond acceptors (Lipinski definition) is 1. The number of alkyl halides is 6. The van der Waals surface area contributed by atoms with Crippen molar-refractivity contribution < 1.29 is 26.3 Å². The SMILES string of the molecule is CC(CCCC(F)(F)F)Nc1ccccc1C(F)(F)F. The molecular formula is C13H15F6N. The molecule has 1 nitrogen and oxygen atoms in total. The second-order valence-corrected chi connectivity index (χ2v) is 4.60. The van der Waals surface area contributed by atoms with Gasteiger partial charge in [0.05, 0.1) is 5.56 Å². The van der Waals surface area contributed by atoms with Crippen LogP contribution < -0.4 is 5.32 Å². The summed E-state index contributed by atoms with van der Waals surface area (Å²) in [6, 6.07) is 4.44. The summed E-state index contributed by atoms with van der Waals surface area (Å²) >= 11 is 0. The van der Waals surface area contributed by atoms with Crippen LogP contribution in [0.1, 0.15) is 31.7 Å². The van der Waals surface area contributed by atoms with E-state index in [2.05, 4.69) is 5.32 Å². The second kappa shape index (κ2) is 6.37. The number of halogens is 6. The van der Waals surface area contributed by atoms with E-state index in [9.17, 15) is 26.3 Å². The third-order valence-electron chi connectivity index (χ3n) is 2.73. The number of hydrogen-bond donors (Lipinski definition) is 1. The van der Waals surface area contributed by atoms with Gasteiger partial charge in [0.25, 0.3) is 0 Å². The second-order valence-electron chi connectivity index (χ2n) is 4.60. The van der Waals surface area contributed by atoms with Crippen molar-refractivity contribution in [2.24, 2.45) is 0 Å². The molecular weight excluding hydrogens is 284 g/mol. The third-order valence-corrected chi connectivity index (χ3v) is 2.73. The van der Waals surface area contributed by atoms with Gasteiger partial charge in [-0.1, -0.05) is 12.1 Å². The first-order valence-electron chi connectivity index (χ1n) is 6.09. The van der Waals surface area contributed by atoms with E-state index in [1.54, 1.807) is 6.92 Å². The van der Waals surface area contributed by atoms with E-state index in [0.717, 1.165) is 6.07 Å². The maximum absolute atomic E-state index is 12.7. The Kier molecular flexibility index (Phi) is 5.30. The molecule has 1 aromatic rings. The fourth-order valence-corrected chi connectivity index (χ4v) is 1.80. The Balaban J connectivity index is 2.60. The van der Waals surface area contributed by atoms with Crippen LogP contribution in [0.5, 0.6) is 0 Å².